The molecule has 2 saturated heterocycles. The van der Waals surface area contributed by atoms with Crippen molar-refractivity contribution in [2.45, 2.75) is 45.3 Å². The zero-order valence-corrected chi connectivity index (χ0v) is 17.6. The number of sulfonamides is 1. The molecule has 2 aliphatic heterocycles. The Balaban J connectivity index is 1.37. The van der Waals surface area contributed by atoms with Gasteiger partial charge in [-0.3, -0.25) is 4.79 Å². The number of carbonyl (C=O) groups is 2. The van der Waals surface area contributed by atoms with Crippen LogP contribution in [0.25, 0.3) is 0 Å². The van der Waals surface area contributed by atoms with Gasteiger partial charge in [0.25, 0.3) is 0 Å². The molecule has 0 bridgehead atoms. The third-order valence-corrected chi connectivity index (χ3v) is 6.71. The van der Waals surface area contributed by atoms with Crippen LogP contribution in [-0.2, 0) is 26.2 Å². The third kappa shape index (κ3) is 5.92. The maximum Gasteiger partial charge on any atom is 0.317 e. The molecule has 2 amide bonds. The second-order valence-corrected chi connectivity index (χ2v) is 9.67. The van der Waals surface area contributed by atoms with Gasteiger partial charge in [0.15, 0.2) is 0 Å². The van der Waals surface area contributed by atoms with Crippen molar-refractivity contribution in [2.24, 2.45) is 5.92 Å². The van der Waals surface area contributed by atoms with Crippen molar-refractivity contribution in [1.29, 1.82) is 0 Å². The van der Waals surface area contributed by atoms with Crippen LogP contribution in [0.4, 0.5) is 4.79 Å². The number of hydrogen-bond donors (Lipinski definition) is 1. The average Bonchev–Trinajstić information content (AvgIpc) is 3.11. The first-order valence-electron chi connectivity index (χ1n) is 9.82. The molecule has 11 heteroatoms. The Labute approximate surface area is 170 Å². The normalized spacial score (nSPS) is 19.9. The molecule has 1 aromatic rings. The Bertz CT molecular complexity index is 823. The molecule has 2 fully saturated rings. The first-order valence-corrected chi connectivity index (χ1v) is 11.7. The lowest BCUT2D eigenvalue weighted by molar-refractivity contribution is -0.151. The summed E-state index contributed by atoms with van der Waals surface area (Å²) in [5.74, 6) is 0.154. The number of esters is 1. The molecule has 162 valence electrons. The van der Waals surface area contributed by atoms with Crippen molar-refractivity contribution >= 4 is 22.0 Å². The smallest absolute Gasteiger partial charge is 0.317 e. The van der Waals surface area contributed by atoms with Gasteiger partial charge in [0.05, 0.1) is 12.2 Å². The van der Waals surface area contributed by atoms with Gasteiger partial charge in [0.2, 0.25) is 10.0 Å². The number of nitrogens with zero attached hydrogens (tertiary/aromatic N) is 3. The molecule has 0 unspecified atom stereocenters. The first-order chi connectivity index (χ1) is 13.7. The molecule has 0 radical (unpaired) electrons. The van der Waals surface area contributed by atoms with E-state index in [1.54, 1.807) is 17.9 Å². The Hall–Kier alpha value is -2.14. The van der Waals surface area contributed by atoms with Gasteiger partial charge >= 0.3 is 12.0 Å². The second-order valence-electron chi connectivity index (χ2n) is 7.68. The number of amides is 2. The summed E-state index contributed by atoms with van der Waals surface area (Å²) >= 11 is 0. The number of rotatable bonds is 5. The average molecular weight is 429 g/mol. The fourth-order valence-electron chi connectivity index (χ4n) is 3.66. The van der Waals surface area contributed by atoms with Crippen molar-refractivity contribution in [3.05, 3.63) is 17.5 Å². The highest BCUT2D eigenvalue weighted by molar-refractivity contribution is 7.88. The van der Waals surface area contributed by atoms with Gasteiger partial charge in [0, 0.05) is 38.3 Å². The minimum atomic E-state index is -3.18. The predicted octanol–water partition coefficient (Wildman–Crippen LogP) is 0.872. The Morgan fingerprint density at radius 3 is 2.41 bits per heavy atom. The van der Waals surface area contributed by atoms with Crippen LogP contribution in [0.1, 0.15) is 37.1 Å². The monoisotopic (exact) mass is 428 g/mol. The van der Waals surface area contributed by atoms with Crippen molar-refractivity contribution < 1.29 is 27.3 Å². The van der Waals surface area contributed by atoms with Crippen LogP contribution < -0.4 is 5.32 Å². The molecule has 0 aromatic carbocycles. The van der Waals surface area contributed by atoms with Crippen molar-refractivity contribution in [3.63, 3.8) is 0 Å². The predicted molar refractivity (Wildman–Crippen MR) is 103 cm³/mol. The van der Waals surface area contributed by atoms with E-state index < -0.39 is 10.0 Å². The van der Waals surface area contributed by atoms with Crippen LogP contribution in [0.2, 0.25) is 0 Å². The van der Waals surface area contributed by atoms with Gasteiger partial charge in [-0.15, -0.1) is 0 Å². The number of piperidine rings is 2. The lowest BCUT2D eigenvalue weighted by Gasteiger charge is -2.34. The molecule has 0 saturated carbocycles. The quantitative estimate of drug-likeness (QED) is 0.691. The Morgan fingerprint density at radius 1 is 1.21 bits per heavy atom. The molecular weight excluding hydrogens is 400 g/mol. The summed E-state index contributed by atoms with van der Waals surface area (Å²) in [5, 5.41) is 6.78. The van der Waals surface area contributed by atoms with E-state index in [2.05, 4.69) is 10.5 Å². The molecule has 3 heterocycles. The lowest BCUT2D eigenvalue weighted by Crippen LogP contribution is -2.51. The first kappa shape index (κ1) is 21.6. The number of hydrogen-bond acceptors (Lipinski definition) is 7. The van der Waals surface area contributed by atoms with Crippen LogP contribution in [-0.4, -0.2) is 73.3 Å². The number of urea groups is 1. The summed E-state index contributed by atoms with van der Waals surface area (Å²) in [4.78, 5) is 26.4. The van der Waals surface area contributed by atoms with Crippen LogP contribution in [0.5, 0.6) is 0 Å². The number of aryl methyl sites for hydroxylation is 1. The molecule has 1 N–H and O–H groups in total. The summed E-state index contributed by atoms with van der Waals surface area (Å²) in [7, 11) is -3.18. The summed E-state index contributed by atoms with van der Waals surface area (Å²) in [6, 6.07) is 1.53. The maximum atomic E-state index is 12.5. The molecule has 0 spiro atoms. The third-order valence-electron chi connectivity index (χ3n) is 5.41. The van der Waals surface area contributed by atoms with E-state index in [0.717, 1.165) is 0 Å². The highest BCUT2D eigenvalue weighted by Crippen LogP contribution is 2.20. The van der Waals surface area contributed by atoms with Crippen molar-refractivity contribution in [2.75, 3.05) is 32.4 Å². The van der Waals surface area contributed by atoms with Crippen LogP contribution in [0.3, 0.4) is 0 Å². The van der Waals surface area contributed by atoms with Gasteiger partial charge in [-0.25, -0.2) is 17.5 Å². The highest BCUT2D eigenvalue weighted by atomic mass is 32.2. The van der Waals surface area contributed by atoms with E-state index in [1.807, 2.05) is 0 Å². The highest BCUT2D eigenvalue weighted by Gasteiger charge is 2.31. The topological polar surface area (TPSA) is 122 Å². The molecule has 0 atom stereocenters. The van der Waals surface area contributed by atoms with Crippen molar-refractivity contribution in [3.8, 4) is 0 Å². The molecule has 10 nitrogen and oxygen atoms in total. The number of nitrogens with one attached hydrogen (secondary N) is 1. The van der Waals surface area contributed by atoms with E-state index in [4.69, 9.17) is 9.26 Å². The Kier molecular flexibility index (Phi) is 6.78. The summed E-state index contributed by atoms with van der Waals surface area (Å²) in [6.07, 6.45) is 3.51. The van der Waals surface area contributed by atoms with E-state index in [1.165, 1.54) is 10.6 Å². The zero-order chi connectivity index (χ0) is 21.0. The van der Waals surface area contributed by atoms with Gasteiger partial charge in [-0.05, 0) is 32.6 Å². The molecule has 0 aliphatic carbocycles. The van der Waals surface area contributed by atoms with E-state index in [0.29, 0.717) is 63.3 Å². The number of carbonyl (C=O) groups excluding carboxylic acids is 2. The minimum absolute atomic E-state index is 0.0332. The lowest BCUT2D eigenvalue weighted by atomic mass is 9.97. The maximum absolute atomic E-state index is 12.5. The second kappa shape index (κ2) is 9.12. The van der Waals surface area contributed by atoms with Gasteiger partial charge in [0.1, 0.15) is 18.1 Å². The molecule has 3 rings (SSSR count). The Morgan fingerprint density at radius 2 is 1.86 bits per heavy atom. The molecule has 29 heavy (non-hydrogen) atoms. The molecule has 2 aliphatic rings. The van der Waals surface area contributed by atoms with Crippen LogP contribution in [0.15, 0.2) is 10.6 Å². The van der Waals surface area contributed by atoms with Crippen LogP contribution >= 0.6 is 0 Å². The van der Waals surface area contributed by atoms with Gasteiger partial charge in [-0.1, -0.05) is 5.16 Å². The largest absolute Gasteiger partial charge is 0.459 e. The number of ether oxygens (including phenoxy) is 1. The summed E-state index contributed by atoms with van der Waals surface area (Å²) in [6.45, 7) is 3.66. The molecule has 1 aromatic heterocycles. The number of likely N-dealkylation sites (tertiary alicyclic amines) is 1. The van der Waals surface area contributed by atoms with Crippen molar-refractivity contribution in [1.82, 2.24) is 19.7 Å². The van der Waals surface area contributed by atoms with Gasteiger partial charge in [-0.2, -0.15) is 0 Å². The zero-order valence-electron chi connectivity index (χ0n) is 16.8. The number of aromatic nitrogens is 1. The summed E-state index contributed by atoms with van der Waals surface area (Å²) < 4.78 is 34.8. The minimum Gasteiger partial charge on any atom is -0.459 e. The van der Waals surface area contributed by atoms with E-state index in [-0.39, 0.29) is 30.6 Å². The molecular formula is C18H28N4O6S. The standard InChI is InChI=1S/C18H28N4O6S/c1-13-11-16(20-28-13)12-27-17(23)14-3-7-21(8-4-14)18(24)19-15-5-9-22(10-6-15)29(2,25)26/h11,14-15H,3-10,12H2,1-2H3,(H,19,24). The fraction of sp³-hybridized carbons (Fsp3) is 0.722. The SMILES string of the molecule is Cc1cc(COC(=O)C2CCN(C(=O)NC3CCN(S(C)(=O)=O)CC3)CC2)no1. The summed E-state index contributed by atoms with van der Waals surface area (Å²) in [5.41, 5.74) is 0.578. The fourth-order valence-corrected chi connectivity index (χ4v) is 4.54. The van der Waals surface area contributed by atoms with E-state index in [9.17, 15) is 18.0 Å². The van der Waals surface area contributed by atoms with Gasteiger partial charge < -0.3 is 19.5 Å². The van der Waals surface area contributed by atoms with E-state index >= 15 is 0 Å². The van der Waals surface area contributed by atoms with Crippen LogP contribution in [0, 0.1) is 12.8 Å².